The van der Waals surface area contributed by atoms with Crippen molar-refractivity contribution in [2.45, 2.75) is 0 Å². The first kappa shape index (κ1) is 31.7. The first-order chi connectivity index (χ1) is 28.3. The van der Waals surface area contributed by atoms with E-state index < -0.39 is 0 Å². The predicted molar refractivity (Wildman–Crippen MR) is 239 cm³/mol. The van der Waals surface area contributed by atoms with Gasteiger partial charge in [-0.3, -0.25) is 0 Å². The summed E-state index contributed by atoms with van der Waals surface area (Å²) < 4.78 is 11.5. The molecule has 0 fully saturated rings. The van der Waals surface area contributed by atoms with E-state index in [0.717, 1.165) is 44.3 Å². The lowest BCUT2D eigenvalue weighted by atomic mass is 10.0. The normalized spacial score (nSPS) is 11.9. The van der Waals surface area contributed by atoms with E-state index in [2.05, 4.69) is 209 Å². The highest BCUT2D eigenvalue weighted by atomic mass is 16.3. The van der Waals surface area contributed by atoms with Crippen LogP contribution in [0.1, 0.15) is 0 Å². The summed E-state index contributed by atoms with van der Waals surface area (Å²) in [6, 6.07) is 74.4. The summed E-state index contributed by atoms with van der Waals surface area (Å²) in [5.74, 6) is 0. The maximum absolute atomic E-state index is 6.70. The van der Waals surface area contributed by atoms with Crippen molar-refractivity contribution in [2.24, 2.45) is 0 Å². The Morgan fingerprint density at radius 1 is 0.281 bits per heavy atom. The van der Waals surface area contributed by atoms with Gasteiger partial charge in [-0.05, 0) is 100 Å². The molecule has 12 aromatic rings. The molecule has 0 saturated carbocycles. The fourth-order valence-corrected chi connectivity index (χ4v) is 9.05. The van der Waals surface area contributed by atoms with Gasteiger partial charge < -0.3 is 13.6 Å². The van der Waals surface area contributed by atoms with Crippen LogP contribution in [0.25, 0.3) is 110 Å². The predicted octanol–water partition coefficient (Wildman–Crippen LogP) is 14.8. The number of para-hydroxylation sites is 2. The zero-order valence-electron chi connectivity index (χ0n) is 30.9. The third-order valence-corrected chi connectivity index (χ3v) is 11.7. The SMILES string of the molecule is c1ccc(-c2ccc(-n3c4ccc(-c5ccc6c(c5)c5ccccc5n6-c5cccc(-c6ccccc6)c5)cc4c4ccc5c6ccccc6oc5c43)cc2)cc1. The van der Waals surface area contributed by atoms with Gasteiger partial charge in [0.2, 0.25) is 0 Å². The Morgan fingerprint density at radius 3 is 1.56 bits per heavy atom. The highest BCUT2D eigenvalue weighted by Gasteiger charge is 2.20. The Labute approximate surface area is 328 Å². The summed E-state index contributed by atoms with van der Waals surface area (Å²) >= 11 is 0. The van der Waals surface area contributed by atoms with Crippen LogP contribution in [0.2, 0.25) is 0 Å². The van der Waals surface area contributed by atoms with Crippen LogP contribution in [0.5, 0.6) is 0 Å². The Balaban J connectivity index is 1.05. The Morgan fingerprint density at radius 2 is 0.807 bits per heavy atom. The average Bonchev–Trinajstić information content (AvgIpc) is 3.94. The van der Waals surface area contributed by atoms with E-state index in [1.807, 2.05) is 6.07 Å². The molecule has 266 valence electrons. The molecule has 0 bridgehead atoms. The molecule has 0 N–H and O–H groups in total. The summed E-state index contributed by atoms with van der Waals surface area (Å²) in [6.07, 6.45) is 0. The molecule has 0 aliphatic carbocycles. The highest BCUT2D eigenvalue weighted by Crippen LogP contribution is 2.42. The number of hydrogen-bond acceptors (Lipinski definition) is 1. The number of fused-ring (bicyclic) bond motifs is 10. The van der Waals surface area contributed by atoms with Crippen molar-refractivity contribution in [3.63, 3.8) is 0 Å². The molecular weight excluding hydrogens is 693 g/mol. The van der Waals surface area contributed by atoms with Gasteiger partial charge in [0.1, 0.15) is 5.58 Å². The fourth-order valence-electron chi connectivity index (χ4n) is 9.05. The van der Waals surface area contributed by atoms with Gasteiger partial charge in [0.15, 0.2) is 5.58 Å². The number of hydrogen-bond donors (Lipinski definition) is 0. The molecule has 57 heavy (non-hydrogen) atoms. The van der Waals surface area contributed by atoms with Gasteiger partial charge in [-0.1, -0.05) is 140 Å². The minimum absolute atomic E-state index is 0.899. The smallest absolute Gasteiger partial charge is 0.160 e. The van der Waals surface area contributed by atoms with Gasteiger partial charge in [0.05, 0.1) is 22.1 Å². The van der Waals surface area contributed by atoms with Crippen LogP contribution in [-0.4, -0.2) is 9.13 Å². The van der Waals surface area contributed by atoms with Crippen molar-refractivity contribution in [3.05, 3.63) is 206 Å². The molecule has 0 amide bonds. The molecule has 0 aliphatic heterocycles. The lowest BCUT2D eigenvalue weighted by Gasteiger charge is -2.11. The molecular formula is C54H34N2O. The maximum Gasteiger partial charge on any atom is 0.160 e. The lowest BCUT2D eigenvalue weighted by molar-refractivity contribution is 0.671. The fraction of sp³-hybridized carbons (Fsp3) is 0. The largest absolute Gasteiger partial charge is 0.454 e. The van der Waals surface area contributed by atoms with Gasteiger partial charge in [0, 0.05) is 43.7 Å². The van der Waals surface area contributed by atoms with Gasteiger partial charge >= 0.3 is 0 Å². The molecule has 0 unspecified atom stereocenters. The zero-order chi connectivity index (χ0) is 37.5. The van der Waals surface area contributed by atoms with E-state index in [1.54, 1.807) is 0 Å². The lowest BCUT2D eigenvalue weighted by Crippen LogP contribution is -1.94. The van der Waals surface area contributed by atoms with Crippen LogP contribution < -0.4 is 0 Å². The van der Waals surface area contributed by atoms with Crippen molar-refractivity contribution >= 4 is 65.6 Å². The first-order valence-corrected chi connectivity index (χ1v) is 19.5. The first-order valence-electron chi connectivity index (χ1n) is 19.5. The third kappa shape index (κ3) is 4.92. The number of aromatic nitrogens is 2. The van der Waals surface area contributed by atoms with Crippen molar-refractivity contribution in [1.29, 1.82) is 0 Å². The molecule has 3 heterocycles. The molecule has 12 rings (SSSR count). The quantitative estimate of drug-likeness (QED) is 0.173. The molecule has 3 aromatic heterocycles. The van der Waals surface area contributed by atoms with Gasteiger partial charge in [0.25, 0.3) is 0 Å². The van der Waals surface area contributed by atoms with E-state index in [-0.39, 0.29) is 0 Å². The highest BCUT2D eigenvalue weighted by molar-refractivity contribution is 6.22. The van der Waals surface area contributed by atoms with E-state index >= 15 is 0 Å². The molecule has 0 atom stereocenters. The van der Waals surface area contributed by atoms with Crippen molar-refractivity contribution in [1.82, 2.24) is 9.13 Å². The van der Waals surface area contributed by atoms with Gasteiger partial charge in [-0.25, -0.2) is 0 Å². The second kappa shape index (κ2) is 12.5. The second-order valence-electron chi connectivity index (χ2n) is 14.9. The van der Waals surface area contributed by atoms with Crippen LogP contribution >= 0.6 is 0 Å². The number of rotatable bonds is 5. The van der Waals surface area contributed by atoms with Crippen molar-refractivity contribution in [3.8, 4) is 44.8 Å². The van der Waals surface area contributed by atoms with Crippen molar-refractivity contribution in [2.75, 3.05) is 0 Å². The molecule has 0 aliphatic rings. The number of benzene rings is 9. The standard InChI is InChI=1S/C54H34N2O/c1-3-12-35(13-4-1)37-22-26-41(27-23-37)56-51-31-25-40(34-48(51)45-28-29-46-44-19-8-10-21-52(44)57-54(46)53(45)56)39-24-30-50-47(33-39)43-18-7-9-20-49(43)55(50)42-17-11-16-38(32-42)36-14-5-2-6-15-36/h1-34H. The minimum atomic E-state index is 0.899. The molecule has 0 radical (unpaired) electrons. The summed E-state index contributed by atoms with van der Waals surface area (Å²) in [5, 5.41) is 7.09. The van der Waals surface area contributed by atoms with Gasteiger partial charge in [-0.2, -0.15) is 0 Å². The van der Waals surface area contributed by atoms with Gasteiger partial charge in [-0.15, -0.1) is 0 Å². The third-order valence-electron chi connectivity index (χ3n) is 11.7. The van der Waals surface area contributed by atoms with E-state index in [9.17, 15) is 0 Å². The second-order valence-corrected chi connectivity index (χ2v) is 14.9. The summed E-state index contributed by atoms with van der Waals surface area (Å²) in [6.45, 7) is 0. The van der Waals surface area contributed by atoms with Crippen molar-refractivity contribution < 1.29 is 4.42 Å². The van der Waals surface area contributed by atoms with E-state index in [1.165, 1.54) is 66.0 Å². The topological polar surface area (TPSA) is 23.0 Å². The van der Waals surface area contributed by atoms with E-state index in [4.69, 9.17) is 4.42 Å². The molecule has 3 nitrogen and oxygen atoms in total. The average molecular weight is 727 g/mol. The van der Waals surface area contributed by atoms with Crippen LogP contribution in [0.3, 0.4) is 0 Å². The number of furan rings is 1. The molecule has 3 heteroatoms. The molecule has 0 spiro atoms. The summed E-state index contributed by atoms with van der Waals surface area (Å²) in [7, 11) is 0. The Kier molecular flexibility index (Phi) is 6.93. The van der Waals surface area contributed by atoms with Crippen LogP contribution in [0.15, 0.2) is 211 Å². The Hall–Kier alpha value is -7.62. The van der Waals surface area contributed by atoms with Crippen LogP contribution in [0, 0.1) is 0 Å². The monoisotopic (exact) mass is 726 g/mol. The van der Waals surface area contributed by atoms with Crippen LogP contribution in [-0.2, 0) is 0 Å². The molecule has 0 saturated heterocycles. The summed E-state index contributed by atoms with van der Waals surface area (Å²) in [5.41, 5.74) is 15.8. The minimum Gasteiger partial charge on any atom is -0.454 e. The number of nitrogens with zero attached hydrogens (tertiary/aromatic N) is 2. The Bertz CT molecular complexity index is 3490. The zero-order valence-corrected chi connectivity index (χ0v) is 30.9. The van der Waals surface area contributed by atoms with E-state index in [0.29, 0.717) is 0 Å². The maximum atomic E-state index is 6.70. The van der Waals surface area contributed by atoms with Crippen LogP contribution in [0.4, 0.5) is 0 Å². The summed E-state index contributed by atoms with van der Waals surface area (Å²) in [4.78, 5) is 0. The molecule has 9 aromatic carbocycles.